The molecule has 1 heterocycles. The predicted molar refractivity (Wildman–Crippen MR) is 93.3 cm³/mol. The van der Waals surface area contributed by atoms with E-state index in [2.05, 4.69) is 5.32 Å². The number of nitrogens with zero attached hydrogens (tertiary/aromatic N) is 1. The minimum atomic E-state index is -4.07. The van der Waals surface area contributed by atoms with E-state index >= 15 is 0 Å². The van der Waals surface area contributed by atoms with Gasteiger partial charge in [0.2, 0.25) is 11.8 Å². The molecule has 1 fully saturated rings. The third-order valence-electron chi connectivity index (χ3n) is 4.08. The zero-order valence-electron chi connectivity index (χ0n) is 13.7. The van der Waals surface area contributed by atoms with Crippen molar-refractivity contribution in [3.63, 3.8) is 0 Å². The normalized spacial score (nSPS) is 17.6. The molecule has 0 saturated carbocycles. The van der Waals surface area contributed by atoms with E-state index in [0.29, 0.717) is 5.69 Å². The summed E-state index contributed by atoms with van der Waals surface area (Å²) in [6.45, 7) is 1.84. The summed E-state index contributed by atoms with van der Waals surface area (Å²) in [5.74, 6) is -1.07. The highest BCUT2D eigenvalue weighted by Gasteiger charge is 2.44. The average molecular weight is 358 g/mol. The van der Waals surface area contributed by atoms with E-state index < -0.39 is 27.9 Å². The molecule has 0 bridgehead atoms. The lowest BCUT2D eigenvalue weighted by atomic mass is 10.2. The second-order valence-corrected chi connectivity index (χ2v) is 7.73. The maximum atomic E-state index is 12.8. The lowest BCUT2D eigenvalue weighted by molar-refractivity contribution is -0.128. The highest BCUT2D eigenvalue weighted by atomic mass is 32.2. The van der Waals surface area contributed by atoms with Crippen LogP contribution in [0.3, 0.4) is 0 Å². The van der Waals surface area contributed by atoms with Gasteiger partial charge in [0.25, 0.3) is 10.0 Å². The molecule has 2 amide bonds. The number of hydrogen-bond acceptors (Lipinski definition) is 4. The van der Waals surface area contributed by atoms with Crippen molar-refractivity contribution in [2.75, 3.05) is 5.32 Å². The summed E-state index contributed by atoms with van der Waals surface area (Å²) < 4.78 is 26.4. The van der Waals surface area contributed by atoms with Crippen LogP contribution < -0.4 is 5.32 Å². The first-order valence-corrected chi connectivity index (χ1v) is 9.33. The van der Waals surface area contributed by atoms with E-state index in [9.17, 15) is 18.0 Å². The molecule has 1 aliphatic rings. The van der Waals surface area contributed by atoms with Crippen molar-refractivity contribution in [1.29, 1.82) is 0 Å². The molecule has 1 aliphatic heterocycles. The summed E-state index contributed by atoms with van der Waals surface area (Å²) in [4.78, 5) is 24.7. The third-order valence-corrected chi connectivity index (χ3v) is 5.93. The van der Waals surface area contributed by atoms with E-state index in [1.165, 1.54) is 12.1 Å². The van der Waals surface area contributed by atoms with Crippen LogP contribution in [0.1, 0.15) is 18.4 Å². The van der Waals surface area contributed by atoms with Crippen LogP contribution in [0.15, 0.2) is 59.5 Å². The molecule has 3 rings (SSSR count). The van der Waals surface area contributed by atoms with Gasteiger partial charge in [-0.2, -0.15) is 0 Å². The number of para-hydroxylation sites is 1. The molecule has 2 aromatic carbocycles. The van der Waals surface area contributed by atoms with Crippen LogP contribution in [0.25, 0.3) is 0 Å². The Labute approximate surface area is 146 Å². The molecule has 130 valence electrons. The van der Waals surface area contributed by atoms with E-state index in [0.717, 1.165) is 9.87 Å². The molecule has 7 heteroatoms. The van der Waals surface area contributed by atoms with E-state index in [1.807, 2.05) is 13.0 Å². The molecular weight excluding hydrogens is 340 g/mol. The number of hydrogen-bond donors (Lipinski definition) is 1. The molecule has 6 nitrogen and oxygen atoms in total. The first-order valence-electron chi connectivity index (χ1n) is 7.89. The van der Waals surface area contributed by atoms with Crippen LogP contribution in [0.4, 0.5) is 5.69 Å². The Balaban J connectivity index is 1.89. The van der Waals surface area contributed by atoms with Gasteiger partial charge in [-0.15, -0.1) is 0 Å². The maximum absolute atomic E-state index is 12.8. The van der Waals surface area contributed by atoms with Gasteiger partial charge >= 0.3 is 0 Å². The monoisotopic (exact) mass is 358 g/mol. The Kier molecular flexibility index (Phi) is 4.59. The quantitative estimate of drug-likeness (QED) is 0.909. The second-order valence-electron chi connectivity index (χ2n) is 5.92. The van der Waals surface area contributed by atoms with Crippen LogP contribution in [0, 0.1) is 6.92 Å². The van der Waals surface area contributed by atoms with Gasteiger partial charge in [-0.3, -0.25) is 9.59 Å². The summed E-state index contributed by atoms with van der Waals surface area (Å²) >= 11 is 0. The van der Waals surface area contributed by atoms with Crippen LogP contribution in [-0.4, -0.2) is 30.6 Å². The number of benzene rings is 2. The molecule has 0 unspecified atom stereocenters. The summed E-state index contributed by atoms with van der Waals surface area (Å²) in [7, 11) is -4.07. The molecule has 0 spiro atoms. The van der Waals surface area contributed by atoms with Crippen molar-refractivity contribution in [2.24, 2.45) is 0 Å². The fraction of sp³-hybridized carbons (Fsp3) is 0.222. The van der Waals surface area contributed by atoms with Crippen molar-refractivity contribution >= 4 is 27.5 Å². The molecule has 0 aliphatic carbocycles. The van der Waals surface area contributed by atoms with Crippen molar-refractivity contribution < 1.29 is 18.0 Å². The van der Waals surface area contributed by atoms with Crippen molar-refractivity contribution in [2.45, 2.75) is 30.7 Å². The Hall–Kier alpha value is -2.67. The average Bonchev–Trinajstić information content (AvgIpc) is 2.99. The third kappa shape index (κ3) is 3.41. The number of amides is 2. The topological polar surface area (TPSA) is 83.6 Å². The van der Waals surface area contributed by atoms with Crippen molar-refractivity contribution in [3.8, 4) is 0 Å². The Morgan fingerprint density at radius 2 is 1.72 bits per heavy atom. The summed E-state index contributed by atoms with van der Waals surface area (Å²) in [5, 5.41) is 2.67. The summed E-state index contributed by atoms with van der Waals surface area (Å²) in [5.41, 5.74) is 1.46. The Morgan fingerprint density at radius 1 is 1.08 bits per heavy atom. The Morgan fingerprint density at radius 3 is 2.36 bits per heavy atom. The molecule has 0 aromatic heterocycles. The van der Waals surface area contributed by atoms with Gasteiger partial charge < -0.3 is 5.32 Å². The smallest absolute Gasteiger partial charge is 0.267 e. The zero-order valence-corrected chi connectivity index (χ0v) is 14.5. The molecule has 25 heavy (non-hydrogen) atoms. The van der Waals surface area contributed by atoms with Gasteiger partial charge in [0.1, 0.15) is 6.04 Å². The number of carbonyl (C=O) groups is 2. The standard InChI is InChI=1S/C18H18N2O4S/c1-13-7-9-15(10-8-13)25(23,24)20-16(11-12-17(20)21)18(22)19-14-5-3-2-4-6-14/h2-10,16H,11-12H2,1H3,(H,19,22)/t16-/m1/s1. The number of anilines is 1. The van der Waals surface area contributed by atoms with Crippen LogP contribution in [-0.2, 0) is 19.6 Å². The second kappa shape index (κ2) is 6.68. The number of nitrogens with one attached hydrogen (secondary N) is 1. The highest BCUT2D eigenvalue weighted by Crippen LogP contribution is 2.28. The number of aryl methyl sites for hydroxylation is 1. The lowest BCUT2D eigenvalue weighted by Gasteiger charge is -2.23. The minimum Gasteiger partial charge on any atom is -0.324 e. The van der Waals surface area contributed by atoms with Gasteiger partial charge in [0.05, 0.1) is 4.90 Å². The SMILES string of the molecule is Cc1ccc(S(=O)(=O)N2C(=O)CC[C@@H]2C(=O)Nc2ccccc2)cc1. The van der Waals surface area contributed by atoms with E-state index in [-0.39, 0.29) is 17.7 Å². The molecule has 1 atom stereocenters. The molecule has 1 N–H and O–H groups in total. The fourth-order valence-corrected chi connectivity index (χ4v) is 4.37. The number of rotatable bonds is 4. The summed E-state index contributed by atoms with van der Waals surface area (Å²) in [6, 6.07) is 13.9. The van der Waals surface area contributed by atoms with Crippen molar-refractivity contribution in [1.82, 2.24) is 4.31 Å². The van der Waals surface area contributed by atoms with Crippen LogP contribution >= 0.6 is 0 Å². The van der Waals surface area contributed by atoms with Crippen molar-refractivity contribution in [3.05, 3.63) is 60.2 Å². The molecular formula is C18H18N2O4S. The Bertz CT molecular complexity index is 892. The maximum Gasteiger partial charge on any atom is 0.267 e. The first kappa shape index (κ1) is 17.2. The van der Waals surface area contributed by atoms with Crippen LogP contribution in [0.5, 0.6) is 0 Å². The number of carbonyl (C=O) groups excluding carboxylic acids is 2. The molecule has 1 saturated heterocycles. The largest absolute Gasteiger partial charge is 0.324 e. The predicted octanol–water partition coefficient (Wildman–Crippen LogP) is 2.31. The van der Waals surface area contributed by atoms with Gasteiger partial charge in [-0.25, -0.2) is 12.7 Å². The minimum absolute atomic E-state index is 0.00543. The van der Waals surface area contributed by atoms with Gasteiger partial charge in [0.15, 0.2) is 0 Å². The fourth-order valence-electron chi connectivity index (χ4n) is 2.77. The number of sulfonamides is 1. The van der Waals surface area contributed by atoms with E-state index in [1.54, 1.807) is 36.4 Å². The van der Waals surface area contributed by atoms with Gasteiger partial charge in [-0.05, 0) is 37.6 Å². The zero-order chi connectivity index (χ0) is 18.0. The lowest BCUT2D eigenvalue weighted by Crippen LogP contribution is -2.45. The highest BCUT2D eigenvalue weighted by molar-refractivity contribution is 7.89. The van der Waals surface area contributed by atoms with Crippen LogP contribution in [0.2, 0.25) is 0 Å². The molecule has 2 aromatic rings. The van der Waals surface area contributed by atoms with Gasteiger partial charge in [0, 0.05) is 12.1 Å². The van der Waals surface area contributed by atoms with E-state index in [4.69, 9.17) is 0 Å². The van der Waals surface area contributed by atoms with Gasteiger partial charge in [-0.1, -0.05) is 35.9 Å². The molecule has 0 radical (unpaired) electrons. The first-order chi connectivity index (χ1) is 11.9. The summed E-state index contributed by atoms with van der Waals surface area (Å²) in [6.07, 6.45) is 0.195.